The number of hydrogen-bond acceptors (Lipinski definition) is 7. The summed E-state index contributed by atoms with van der Waals surface area (Å²) in [7, 11) is 0. The van der Waals surface area contributed by atoms with E-state index in [9.17, 15) is 15.0 Å². The number of aromatic hydroxyl groups is 2. The Hall–Kier alpha value is -4.01. The third-order valence-electron chi connectivity index (χ3n) is 4.35. The van der Waals surface area contributed by atoms with E-state index in [-0.39, 0.29) is 23.2 Å². The summed E-state index contributed by atoms with van der Waals surface area (Å²) < 4.78 is 12.9. The summed E-state index contributed by atoms with van der Waals surface area (Å²) >= 11 is 1.06. The van der Waals surface area contributed by atoms with E-state index in [0.29, 0.717) is 11.1 Å². The molecule has 1 heterocycles. The maximum absolute atomic E-state index is 10.5. The quantitative estimate of drug-likeness (QED) is 0.225. The van der Waals surface area contributed by atoms with Gasteiger partial charge in [-0.25, -0.2) is 0 Å². The SMILES string of the molecule is Cc1occc(=O)c1O.O/C(=N\N=C\c1c(O)ccc2ccccc12)c1ccccc1.[O]=[V]. The van der Waals surface area contributed by atoms with Crippen LogP contribution in [0.4, 0.5) is 0 Å². The number of aliphatic hydroxyl groups excluding tert-OH is 1. The van der Waals surface area contributed by atoms with Crippen LogP contribution in [0.1, 0.15) is 16.9 Å². The van der Waals surface area contributed by atoms with Crippen molar-refractivity contribution in [3.05, 3.63) is 106 Å². The van der Waals surface area contributed by atoms with E-state index in [2.05, 4.69) is 14.6 Å². The second-order valence-electron chi connectivity index (χ2n) is 6.44. The van der Waals surface area contributed by atoms with Gasteiger partial charge in [-0.05, 0) is 35.9 Å². The molecule has 9 heteroatoms. The van der Waals surface area contributed by atoms with Gasteiger partial charge in [0.2, 0.25) is 17.1 Å². The molecule has 0 aliphatic carbocycles. The van der Waals surface area contributed by atoms with Crippen LogP contribution in [0.2, 0.25) is 0 Å². The molecule has 0 saturated carbocycles. The molecular weight excluding hydrogens is 463 g/mol. The molecule has 0 aliphatic rings. The average Bonchev–Trinajstić information content (AvgIpc) is 2.86. The van der Waals surface area contributed by atoms with E-state index in [0.717, 1.165) is 28.1 Å². The van der Waals surface area contributed by atoms with E-state index in [4.69, 9.17) is 8.78 Å². The number of nitrogens with zero attached hydrogens (tertiary/aromatic N) is 2. The average molecular weight is 483 g/mol. The summed E-state index contributed by atoms with van der Waals surface area (Å²) in [5, 5.41) is 38.2. The van der Waals surface area contributed by atoms with Crippen molar-refractivity contribution in [3.8, 4) is 11.5 Å². The minimum atomic E-state index is -0.404. The van der Waals surface area contributed by atoms with Crippen LogP contribution >= 0.6 is 0 Å². The summed E-state index contributed by atoms with van der Waals surface area (Å²) in [4.78, 5) is 10.5. The standard InChI is InChI=1S/C18H14N2O2.C6H6O3.O.V/c21-17-11-10-13-6-4-5-9-15(13)16(17)12-19-20-18(22)14-7-2-1-3-8-14;1-4-6(8)5(7)2-3-9-4;;/h1-12,21H,(H,20,22);2-3,8H,1H3;;/b19-12+;;;. The molecule has 0 amide bonds. The van der Waals surface area contributed by atoms with Crippen LogP contribution in [-0.2, 0) is 21.0 Å². The molecule has 3 N–H and O–H groups in total. The van der Waals surface area contributed by atoms with Gasteiger partial charge in [-0.2, -0.15) is 5.10 Å². The number of fused-ring (bicyclic) bond motifs is 1. The molecule has 167 valence electrons. The van der Waals surface area contributed by atoms with Crippen LogP contribution in [0.5, 0.6) is 11.5 Å². The first-order valence-electron chi connectivity index (χ1n) is 9.49. The molecule has 0 atom stereocenters. The van der Waals surface area contributed by atoms with Crippen LogP contribution in [0, 0.1) is 6.92 Å². The van der Waals surface area contributed by atoms with Crippen molar-refractivity contribution in [2.75, 3.05) is 0 Å². The fourth-order valence-electron chi connectivity index (χ4n) is 2.71. The van der Waals surface area contributed by atoms with Crippen LogP contribution in [-0.4, -0.2) is 27.4 Å². The normalized spacial score (nSPS) is 10.7. The predicted octanol–water partition coefficient (Wildman–Crippen LogP) is 4.42. The van der Waals surface area contributed by atoms with Gasteiger partial charge in [0.15, 0.2) is 0 Å². The van der Waals surface area contributed by atoms with Gasteiger partial charge in [0.1, 0.15) is 11.5 Å². The molecule has 0 unspecified atom stereocenters. The Balaban J connectivity index is 0.000000293. The first-order valence-corrected chi connectivity index (χ1v) is 10.1. The Morgan fingerprint density at radius 1 is 0.939 bits per heavy atom. The van der Waals surface area contributed by atoms with Crippen molar-refractivity contribution in [2.24, 2.45) is 10.2 Å². The molecule has 0 fully saturated rings. The van der Waals surface area contributed by atoms with Gasteiger partial charge in [0, 0.05) is 17.2 Å². The van der Waals surface area contributed by atoms with Crippen LogP contribution in [0.3, 0.4) is 0 Å². The third-order valence-corrected chi connectivity index (χ3v) is 4.35. The van der Waals surface area contributed by atoms with Crippen molar-refractivity contribution in [1.82, 2.24) is 0 Å². The first kappa shape index (κ1) is 25.3. The summed E-state index contributed by atoms with van der Waals surface area (Å²) in [6, 6.07) is 21.3. The summed E-state index contributed by atoms with van der Waals surface area (Å²) in [5.74, 6) is -0.103. The molecule has 1 aromatic heterocycles. The number of rotatable bonds is 3. The predicted molar refractivity (Wildman–Crippen MR) is 121 cm³/mol. The van der Waals surface area contributed by atoms with Crippen molar-refractivity contribution in [1.29, 1.82) is 0 Å². The Labute approximate surface area is 198 Å². The summed E-state index contributed by atoms with van der Waals surface area (Å²) in [6.45, 7) is 1.52. The van der Waals surface area contributed by atoms with E-state index in [1.807, 2.05) is 36.4 Å². The van der Waals surface area contributed by atoms with Gasteiger partial charge in [-0.3, -0.25) is 4.79 Å². The first-order chi connectivity index (χ1) is 16.0. The molecule has 4 rings (SSSR count). The van der Waals surface area contributed by atoms with Gasteiger partial charge in [0.05, 0.1) is 12.5 Å². The fraction of sp³-hybridized carbons (Fsp3) is 0.0417. The zero-order valence-corrected chi connectivity index (χ0v) is 18.9. The summed E-state index contributed by atoms with van der Waals surface area (Å²) in [6.07, 6.45) is 2.69. The van der Waals surface area contributed by atoms with Crippen LogP contribution in [0.15, 0.2) is 98.5 Å². The van der Waals surface area contributed by atoms with Crippen molar-refractivity contribution < 1.29 is 40.8 Å². The van der Waals surface area contributed by atoms with Gasteiger partial charge in [-0.1, -0.05) is 48.5 Å². The second kappa shape index (κ2) is 12.8. The molecular formula is C24H20N2O6V. The van der Waals surface area contributed by atoms with Gasteiger partial charge < -0.3 is 19.7 Å². The molecule has 33 heavy (non-hydrogen) atoms. The van der Waals surface area contributed by atoms with Crippen molar-refractivity contribution in [2.45, 2.75) is 6.92 Å². The molecule has 0 aliphatic heterocycles. The van der Waals surface area contributed by atoms with E-state index in [1.54, 1.807) is 30.3 Å². The Morgan fingerprint density at radius 3 is 2.27 bits per heavy atom. The third kappa shape index (κ3) is 7.00. The number of hydrogen-bond donors (Lipinski definition) is 3. The fourth-order valence-corrected chi connectivity index (χ4v) is 2.71. The van der Waals surface area contributed by atoms with Crippen LogP contribution in [0.25, 0.3) is 10.8 Å². The maximum atomic E-state index is 10.5. The molecule has 0 bridgehead atoms. The van der Waals surface area contributed by atoms with E-state index in [1.165, 1.54) is 25.5 Å². The number of phenolic OH excluding ortho intramolecular Hbond substituents is 1. The molecule has 8 nitrogen and oxygen atoms in total. The zero-order valence-electron chi connectivity index (χ0n) is 17.5. The molecule has 4 aromatic rings. The van der Waals surface area contributed by atoms with Crippen LogP contribution < -0.4 is 5.43 Å². The minimum absolute atomic E-state index is 0.122. The summed E-state index contributed by atoms with van der Waals surface area (Å²) in [5.41, 5.74) is 0.753. The monoisotopic (exact) mass is 483 g/mol. The Morgan fingerprint density at radius 2 is 1.61 bits per heavy atom. The van der Waals surface area contributed by atoms with Gasteiger partial charge in [-0.15, -0.1) is 5.10 Å². The number of phenols is 1. The second-order valence-corrected chi connectivity index (χ2v) is 6.44. The topological polar surface area (TPSA) is 133 Å². The zero-order chi connectivity index (χ0) is 24.2. The molecule has 0 spiro atoms. The number of aryl methyl sites for hydroxylation is 1. The molecule has 0 saturated heterocycles. The van der Waals surface area contributed by atoms with Crippen molar-refractivity contribution >= 4 is 22.9 Å². The van der Waals surface area contributed by atoms with Gasteiger partial charge >= 0.3 is 21.0 Å². The Bertz CT molecular complexity index is 1320. The van der Waals surface area contributed by atoms with E-state index < -0.39 is 5.43 Å². The molecule has 3 aromatic carbocycles. The van der Waals surface area contributed by atoms with E-state index >= 15 is 0 Å². The number of benzene rings is 3. The molecule has 0 radical (unpaired) electrons. The van der Waals surface area contributed by atoms with Gasteiger partial charge in [0.25, 0.3) is 0 Å². The Kier molecular flexibility index (Phi) is 9.76. The van der Waals surface area contributed by atoms with Crippen molar-refractivity contribution in [3.63, 3.8) is 0 Å². The number of aliphatic hydroxyl groups is 1.